The SMILES string of the molecule is CCCN1CC[C@@H](N)[C@@H]1c1c(C)nn(C)c1C. The quantitative estimate of drug-likeness (QED) is 0.865. The summed E-state index contributed by atoms with van der Waals surface area (Å²) in [5.74, 6) is 0. The van der Waals surface area contributed by atoms with Gasteiger partial charge in [-0.15, -0.1) is 0 Å². The van der Waals surface area contributed by atoms with Crippen LogP contribution in [0.15, 0.2) is 0 Å². The fourth-order valence-corrected chi connectivity index (χ4v) is 3.04. The van der Waals surface area contributed by atoms with Crippen molar-refractivity contribution in [3.63, 3.8) is 0 Å². The molecule has 0 radical (unpaired) electrons. The Bertz CT molecular complexity index is 394. The molecule has 1 fully saturated rings. The first kappa shape index (κ1) is 12.6. The van der Waals surface area contributed by atoms with Gasteiger partial charge in [-0.05, 0) is 33.2 Å². The minimum absolute atomic E-state index is 0.253. The zero-order chi connectivity index (χ0) is 12.6. The highest BCUT2D eigenvalue weighted by Crippen LogP contribution is 2.34. The number of hydrogen-bond donors (Lipinski definition) is 1. The fourth-order valence-electron chi connectivity index (χ4n) is 3.04. The largest absolute Gasteiger partial charge is 0.326 e. The van der Waals surface area contributed by atoms with Crippen LogP contribution in [0.5, 0.6) is 0 Å². The number of aryl methyl sites for hydroxylation is 2. The van der Waals surface area contributed by atoms with Crippen LogP contribution in [0.25, 0.3) is 0 Å². The molecule has 1 aromatic rings. The average Bonchev–Trinajstić information content (AvgIpc) is 2.72. The normalized spacial score (nSPS) is 25.7. The summed E-state index contributed by atoms with van der Waals surface area (Å²) in [6.07, 6.45) is 2.28. The van der Waals surface area contributed by atoms with Gasteiger partial charge in [0.05, 0.1) is 11.7 Å². The summed E-state index contributed by atoms with van der Waals surface area (Å²) < 4.78 is 1.97. The molecule has 2 atom stereocenters. The van der Waals surface area contributed by atoms with Crippen molar-refractivity contribution in [1.82, 2.24) is 14.7 Å². The molecule has 1 saturated heterocycles. The zero-order valence-electron chi connectivity index (χ0n) is 11.4. The van der Waals surface area contributed by atoms with Gasteiger partial charge >= 0.3 is 0 Å². The van der Waals surface area contributed by atoms with Crippen molar-refractivity contribution < 1.29 is 0 Å². The Hall–Kier alpha value is -0.870. The molecule has 0 saturated carbocycles. The minimum atomic E-state index is 0.253. The van der Waals surface area contributed by atoms with Crippen LogP contribution in [0.4, 0.5) is 0 Å². The number of hydrogen-bond acceptors (Lipinski definition) is 3. The molecule has 0 aliphatic carbocycles. The van der Waals surface area contributed by atoms with Crippen LogP contribution in [0.3, 0.4) is 0 Å². The minimum Gasteiger partial charge on any atom is -0.326 e. The maximum absolute atomic E-state index is 6.30. The predicted octanol–water partition coefficient (Wildman–Crippen LogP) is 1.52. The third-order valence-electron chi connectivity index (χ3n) is 3.92. The summed E-state index contributed by atoms with van der Waals surface area (Å²) in [5, 5.41) is 4.52. The molecular weight excluding hydrogens is 212 g/mol. The van der Waals surface area contributed by atoms with Gasteiger partial charge < -0.3 is 5.73 Å². The number of aromatic nitrogens is 2. The van der Waals surface area contributed by atoms with Crippen molar-refractivity contribution in [2.75, 3.05) is 13.1 Å². The summed E-state index contributed by atoms with van der Waals surface area (Å²) >= 11 is 0. The fraction of sp³-hybridized carbons (Fsp3) is 0.769. The van der Waals surface area contributed by atoms with E-state index in [-0.39, 0.29) is 6.04 Å². The van der Waals surface area contributed by atoms with Crippen LogP contribution in [-0.2, 0) is 7.05 Å². The molecule has 0 amide bonds. The Morgan fingerprint density at radius 3 is 2.65 bits per heavy atom. The molecular formula is C13H24N4. The maximum Gasteiger partial charge on any atom is 0.0644 e. The topological polar surface area (TPSA) is 47.1 Å². The van der Waals surface area contributed by atoms with E-state index in [4.69, 9.17) is 5.73 Å². The third kappa shape index (κ3) is 2.11. The summed E-state index contributed by atoms with van der Waals surface area (Å²) in [7, 11) is 2.01. The van der Waals surface area contributed by atoms with Gasteiger partial charge in [0.2, 0.25) is 0 Å². The van der Waals surface area contributed by atoms with Crippen LogP contribution in [-0.4, -0.2) is 33.8 Å². The van der Waals surface area contributed by atoms with E-state index < -0.39 is 0 Å². The van der Waals surface area contributed by atoms with E-state index in [0.717, 1.165) is 25.2 Å². The lowest BCUT2D eigenvalue weighted by molar-refractivity contribution is 0.247. The molecule has 2 heterocycles. The van der Waals surface area contributed by atoms with E-state index >= 15 is 0 Å². The van der Waals surface area contributed by atoms with Gasteiger partial charge in [-0.1, -0.05) is 6.92 Å². The Balaban J connectivity index is 2.36. The van der Waals surface area contributed by atoms with Gasteiger partial charge in [-0.2, -0.15) is 5.10 Å². The molecule has 17 heavy (non-hydrogen) atoms. The van der Waals surface area contributed by atoms with Gasteiger partial charge in [0.15, 0.2) is 0 Å². The second-order valence-corrected chi connectivity index (χ2v) is 5.14. The summed E-state index contributed by atoms with van der Waals surface area (Å²) in [6, 6.07) is 0.617. The zero-order valence-corrected chi connectivity index (χ0v) is 11.4. The molecule has 2 rings (SSSR count). The lowest BCUT2D eigenvalue weighted by atomic mass is 9.99. The van der Waals surface area contributed by atoms with Gasteiger partial charge in [-0.3, -0.25) is 9.58 Å². The van der Waals surface area contributed by atoms with Crippen LogP contribution in [0.1, 0.15) is 42.8 Å². The highest BCUT2D eigenvalue weighted by atomic mass is 15.3. The Labute approximate surface area is 104 Å². The lowest BCUT2D eigenvalue weighted by Gasteiger charge is -2.27. The van der Waals surface area contributed by atoms with Crippen molar-refractivity contribution in [2.45, 2.75) is 45.7 Å². The predicted molar refractivity (Wildman–Crippen MR) is 69.9 cm³/mol. The number of rotatable bonds is 3. The number of likely N-dealkylation sites (tertiary alicyclic amines) is 1. The molecule has 0 spiro atoms. The summed E-state index contributed by atoms with van der Waals surface area (Å²) in [4.78, 5) is 2.52. The average molecular weight is 236 g/mol. The van der Waals surface area contributed by atoms with Crippen molar-refractivity contribution in [2.24, 2.45) is 12.8 Å². The first-order valence-corrected chi connectivity index (χ1v) is 6.56. The molecule has 0 bridgehead atoms. The van der Waals surface area contributed by atoms with Crippen molar-refractivity contribution >= 4 is 0 Å². The molecule has 1 aliphatic rings. The second-order valence-electron chi connectivity index (χ2n) is 5.14. The van der Waals surface area contributed by atoms with E-state index in [0.29, 0.717) is 6.04 Å². The van der Waals surface area contributed by atoms with Crippen LogP contribution >= 0.6 is 0 Å². The van der Waals surface area contributed by atoms with Crippen molar-refractivity contribution in [3.8, 4) is 0 Å². The molecule has 2 N–H and O–H groups in total. The van der Waals surface area contributed by atoms with E-state index in [1.165, 1.54) is 17.7 Å². The second kappa shape index (κ2) is 4.78. The molecule has 96 valence electrons. The van der Waals surface area contributed by atoms with Crippen LogP contribution in [0.2, 0.25) is 0 Å². The standard InChI is InChI=1S/C13H24N4/c1-5-7-17-8-6-11(14)13(17)12-9(2)15-16(4)10(12)3/h11,13H,5-8,14H2,1-4H3/t11-,13-/m1/s1. The van der Waals surface area contributed by atoms with Crippen LogP contribution < -0.4 is 5.73 Å². The van der Waals surface area contributed by atoms with Crippen molar-refractivity contribution in [1.29, 1.82) is 0 Å². The Morgan fingerprint density at radius 2 is 2.12 bits per heavy atom. The molecule has 4 heteroatoms. The molecule has 0 aromatic carbocycles. The molecule has 4 nitrogen and oxygen atoms in total. The van der Waals surface area contributed by atoms with E-state index in [1.54, 1.807) is 0 Å². The van der Waals surface area contributed by atoms with Gasteiger partial charge in [0, 0.05) is 30.9 Å². The highest BCUT2D eigenvalue weighted by molar-refractivity contribution is 5.30. The van der Waals surface area contributed by atoms with Gasteiger partial charge in [0.1, 0.15) is 0 Å². The monoisotopic (exact) mass is 236 g/mol. The first-order valence-electron chi connectivity index (χ1n) is 6.56. The molecule has 0 unspecified atom stereocenters. The van der Waals surface area contributed by atoms with Gasteiger partial charge in [-0.25, -0.2) is 0 Å². The Morgan fingerprint density at radius 1 is 1.41 bits per heavy atom. The Kier molecular flexibility index (Phi) is 3.54. The van der Waals surface area contributed by atoms with E-state index in [1.807, 2.05) is 11.7 Å². The smallest absolute Gasteiger partial charge is 0.0644 e. The van der Waals surface area contributed by atoms with Crippen molar-refractivity contribution in [3.05, 3.63) is 17.0 Å². The lowest BCUT2D eigenvalue weighted by Crippen LogP contribution is -2.33. The molecule has 1 aliphatic heterocycles. The van der Waals surface area contributed by atoms with E-state index in [9.17, 15) is 0 Å². The van der Waals surface area contributed by atoms with Crippen LogP contribution in [0, 0.1) is 13.8 Å². The number of nitrogens with zero attached hydrogens (tertiary/aromatic N) is 3. The summed E-state index contributed by atoms with van der Waals surface area (Å²) in [6.45, 7) is 8.71. The van der Waals surface area contributed by atoms with Gasteiger partial charge in [0.25, 0.3) is 0 Å². The third-order valence-corrected chi connectivity index (χ3v) is 3.92. The number of nitrogens with two attached hydrogens (primary N) is 1. The summed E-state index contributed by atoms with van der Waals surface area (Å²) in [5.41, 5.74) is 10.0. The first-order chi connectivity index (χ1) is 8.06. The maximum atomic E-state index is 6.30. The van der Waals surface area contributed by atoms with E-state index in [2.05, 4.69) is 30.8 Å². The highest BCUT2D eigenvalue weighted by Gasteiger charge is 2.35. The molecule has 1 aromatic heterocycles.